The van der Waals surface area contributed by atoms with E-state index in [4.69, 9.17) is 0 Å². The fourth-order valence-corrected chi connectivity index (χ4v) is 4.40. The zero-order chi connectivity index (χ0) is 25.5. The summed E-state index contributed by atoms with van der Waals surface area (Å²) in [6.45, 7) is 7.21. The second-order valence-electron chi connectivity index (χ2n) is 8.44. The average Bonchev–Trinajstić information content (AvgIpc) is 2.78. The Balaban J connectivity index is 2.44. The van der Waals surface area contributed by atoms with E-state index in [1.165, 1.54) is 17.0 Å². The zero-order valence-corrected chi connectivity index (χ0v) is 21.2. The minimum Gasteiger partial charge on any atom is -0.352 e. The zero-order valence-electron chi connectivity index (χ0n) is 20.4. The molecule has 0 unspecified atom stereocenters. The summed E-state index contributed by atoms with van der Waals surface area (Å²) in [5.74, 6) is -1.33. The quantitative estimate of drug-likeness (QED) is 0.520. The molecule has 0 fully saturated rings. The molecule has 0 radical (unpaired) electrons. The Hall–Kier alpha value is -2.94. The van der Waals surface area contributed by atoms with Gasteiger partial charge in [-0.05, 0) is 62.1 Å². The fourth-order valence-electron chi connectivity index (χ4n) is 3.55. The third-order valence-electron chi connectivity index (χ3n) is 5.78. The van der Waals surface area contributed by atoms with Crippen LogP contribution in [0.25, 0.3) is 0 Å². The summed E-state index contributed by atoms with van der Waals surface area (Å²) < 4.78 is 39.4. The van der Waals surface area contributed by atoms with Crippen LogP contribution in [0.1, 0.15) is 44.7 Å². The second kappa shape index (κ2) is 12.0. The Kier molecular flexibility index (Phi) is 9.61. The smallest absolute Gasteiger partial charge is 0.244 e. The van der Waals surface area contributed by atoms with E-state index in [2.05, 4.69) is 5.32 Å². The topological polar surface area (TPSA) is 86.8 Å². The summed E-state index contributed by atoms with van der Waals surface area (Å²) in [6, 6.07) is 11.6. The number of sulfonamides is 1. The molecular formula is C25H34FN3O4S. The molecule has 0 aliphatic heterocycles. The molecule has 0 bridgehead atoms. The van der Waals surface area contributed by atoms with Crippen LogP contribution in [0.2, 0.25) is 0 Å². The van der Waals surface area contributed by atoms with Crippen molar-refractivity contribution in [3.63, 3.8) is 0 Å². The molecule has 0 heterocycles. The van der Waals surface area contributed by atoms with Crippen LogP contribution in [-0.2, 0) is 26.2 Å². The van der Waals surface area contributed by atoms with Crippen molar-refractivity contribution in [2.24, 2.45) is 0 Å². The summed E-state index contributed by atoms with van der Waals surface area (Å²) in [5, 5.41) is 2.93. The van der Waals surface area contributed by atoms with Crippen LogP contribution in [0.15, 0.2) is 48.5 Å². The highest BCUT2D eigenvalue weighted by atomic mass is 32.2. The minimum absolute atomic E-state index is 0.0660. The van der Waals surface area contributed by atoms with E-state index in [9.17, 15) is 22.4 Å². The molecule has 1 N–H and O–H groups in total. The van der Waals surface area contributed by atoms with Gasteiger partial charge in [0.2, 0.25) is 21.8 Å². The largest absolute Gasteiger partial charge is 0.352 e. The molecule has 186 valence electrons. The standard InChI is InChI=1S/C25H34FN3O4S/c1-6-19(4)27-25(31)23(7-2)28(16-20-11-9-8-10-18(20)3)24(30)17-29(34(5,32)33)22-14-12-21(26)13-15-22/h8-15,19,23H,6-7,16-17H2,1-5H3,(H,27,31)/t19-,23+/m1/s1. The van der Waals surface area contributed by atoms with Crippen LogP contribution in [0.3, 0.4) is 0 Å². The highest BCUT2D eigenvalue weighted by Gasteiger charge is 2.32. The van der Waals surface area contributed by atoms with Crippen molar-refractivity contribution < 1.29 is 22.4 Å². The van der Waals surface area contributed by atoms with Gasteiger partial charge in [0.15, 0.2) is 0 Å². The van der Waals surface area contributed by atoms with Gasteiger partial charge < -0.3 is 10.2 Å². The molecule has 0 aliphatic carbocycles. The van der Waals surface area contributed by atoms with E-state index < -0.39 is 34.3 Å². The maximum absolute atomic E-state index is 13.6. The van der Waals surface area contributed by atoms with E-state index in [0.717, 1.165) is 40.2 Å². The van der Waals surface area contributed by atoms with Gasteiger partial charge in [-0.2, -0.15) is 0 Å². The van der Waals surface area contributed by atoms with E-state index in [1.54, 1.807) is 0 Å². The van der Waals surface area contributed by atoms with Crippen molar-refractivity contribution in [2.75, 3.05) is 17.1 Å². The Morgan fingerprint density at radius 2 is 1.65 bits per heavy atom. The lowest BCUT2D eigenvalue weighted by molar-refractivity contribution is -0.140. The van der Waals surface area contributed by atoms with Gasteiger partial charge in [-0.3, -0.25) is 13.9 Å². The van der Waals surface area contributed by atoms with Crippen LogP contribution < -0.4 is 9.62 Å². The minimum atomic E-state index is -3.85. The predicted molar refractivity (Wildman–Crippen MR) is 132 cm³/mol. The highest BCUT2D eigenvalue weighted by molar-refractivity contribution is 7.92. The van der Waals surface area contributed by atoms with Crippen molar-refractivity contribution in [3.8, 4) is 0 Å². The molecule has 0 saturated heterocycles. The first-order valence-corrected chi connectivity index (χ1v) is 13.2. The van der Waals surface area contributed by atoms with Crippen LogP contribution in [-0.4, -0.2) is 50.0 Å². The van der Waals surface area contributed by atoms with E-state index in [0.29, 0.717) is 6.42 Å². The Morgan fingerprint density at radius 3 is 2.18 bits per heavy atom. The lowest BCUT2D eigenvalue weighted by Crippen LogP contribution is -2.53. The van der Waals surface area contributed by atoms with Crippen molar-refractivity contribution in [2.45, 2.75) is 59.2 Å². The lowest BCUT2D eigenvalue weighted by atomic mass is 10.1. The van der Waals surface area contributed by atoms with Crippen molar-refractivity contribution in [3.05, 3.63) is 65.5 Å². The second-order valence-corrected chi connectivity index (χ2v) is 10.3. The van der Waals surface area contributed by atoms with Gasteiger partial charge in [0, 0.05) is 12.6 Å². The number of amides is 2. The molecule has 2 atom stereocenters. The molecule has 9 heteroatoms. The molecule has 0 aliphatic rings. The van der Waals surface area contributed by atoms with Gasteiger partial charge in [0.1, 0.15) is 18.4 Å². The molecular weight excluding hydrogens is 457 g/mol. The van der Waals surface area contributed by atoms with Gasteiger partial charge in [-0.1, -0.05) is 38.1 Å². The molecule has 2 amide bonds. The summed E-state index contributed by atoms with van der Waals surface area (Å²) in [6.07, 6.45) is 2.08. The predicted octanol–water partition coefficient (Wildman–Crippen LogP) is 3.62. The van der Waals surface area contributed by atoms with Gasteiger partial charge in [-0.15, -0.1) is 0 Å². The SMILES string of the molecule is CC[C@@H](C)NC(=O)[C@H](CC)N(Cc1ccccc1C)C(=O)CN(c1ccc(F)cc1)S(C)(=O)=O. The van der Waals surface area contributed by atoms with Crippen LogP contribution in [0, 0.1) is 12.7 Å². The fraction of sp³-hybridized carbons (Fsp3) is 0.440. The molecule has 34 heavy (non-hydrogen) atoms. The van der Waals surface area contributed by atoms with Gasteiger partial charge in [0.05, 0.1) is 11.9 Å². The number of rotatable bonds is 11. The Bertz CT molecular complexity index is 1090. The van der Waals surface area contributed by atoms with E-state index >= 15 is 0 Å². The molecule has 0 saturated carbocycles. The number of hydrogen-bond acceptors (Lipinski definition) is 4. The Morgan fingerprint density at radius 1 is 1.03 bits per heavy atom. The molecule has 2 aromatic carbocycles. The number of carbonyl (C=O) groups is 2. The molecule has 0 spiro atoms. The summed E-state index contributed by atoms with van der Waals surface area (Å²) in [4.78, 5) is 28.1. The van der Waals surface area contributed by atoms with E-state index in [-0.39, 0.29) is 24.2 Å². The van der Waals surface area contributed by atoms with Gasteiger partial charge >= 0.3 is 0 Å². The maximum Gasteiger partial charge on any atom is 0.244 e. The number of benzene rings is 2. The first-order chi connectivity index (χ1) is 16.0. The Labute approximate surface area is 202 Å². The monoisotopic (exact) mass is 491 g/mol. The van der Waals surface area contributed by atoms with Crippen LogP contribution in [0.4, 0.5) is 10.1 Å². The normalized spacial score (nSPS) is 13.1. The number of aryl methyl sites for hydroxylation is 1. The average molecular weight is 492 g/mol. The number of nitrogens with zero attached hydrogens (tertiary/aromatic N) is 2. The van der Waals surface area contributed by atoms with Gasteiger partial charge in [-0.25, -0.2) is 12.8 Å². The summed E-state index contributed by atoms with van der Waals surface area (Å²) in [5.41, 5.74) is 1.99. The number of nitrogens with one attached hydrogen (secondary N) is 1. The van der Waals surface area contributed by atoms with Crippen molar-refractivity contribution >= 4 is 27.5 Å². The highest BCUT2D eigenvalue weighted by Crippen LogP contribution is 2.21. The number of anilines is 1. The van der Waals surface area contributed by atoms with Crippen molar-refractivity contribution in [1.82, 2.24) is 10.2 Å². The van der Waals surface area contributed by atoms with Gasteiger partial charge in [0.25, 0.3) is 0 Å². The first kappa shape index (κ1) is 27.3. The van der Waals surface area contributed by atoms with Crippen molar-refractivity contribution in [1.29, 1.82) is 0 Å². The molecule has 2 aromatic rings. The molecule has 7 nitrogen and oxygen atoms in total. The maximum atomic E-state index is 13.6. The summed E-state index contributed by atoms with van der Waals surface area (Å²) >= 11 is 0. The number of halogens is 1. The molecule has 2 rings (SSSR count). The third kappa shape index (κ3) is 7.28. The van der Waals surface area contributed by atoms with E-state index in [1.807, 2.05) is 52.0 Å². The van der Waals surface area contributed by atoms with Crippen LogP contribution >= 0.6 is 0 Å². The molecule has 0 aromatic heterocycles. The van der Waals surface area contributed by atoms with Crippen LogP contribution in [0.5, 0.6) is 0 Å². The first-order valence-electron chi connectivity index (χ1n) is 11.4. The summed E-state index contributed by atoms with van der Waals surface area (Å²) in [7, 11) is -3.85. The lowest BCUT2D eigenvalue weighted by Gasteiger charge is -2.33. The third-order valence-corrected chi connectivity index (χ3v) is 6.92. The number of carbonyl (C=O) groups excluding carboxylic acids is 2. The number of hydrogen-bond donors (Lipinski definition) is 1.